The molecule has 0 saturated heterocycles. The average Bonchev–Trinajstić information content (AvgIpc) is 3.02. The maximum Gasteiger partial charge on any atom is 0.223 e. The standard InChI is InChI=1S/C13H22BrNO/c1-2-9(7-8-14)15-13(16)12-10-5-3-4-6-11(10)12/h9-12H,2-8H2,1H3,(H,15,16). The van der Waals surface area contributed by atoms with Crippen molar-refractivity contribution in [1.29, 1.82) is 0 Å². The van der Waals surface area contributed by atoms with Crippen LogP contribution in [0.5, 0.6) is 0 Å². The summed E-state index contributed by atoms with van der Waals surface area (Å²) in [6.45, 7) is 2.15. The lowest BCUT2D eigenvalue weighted by Crippen LogP contribution is -2.36. The first-order valence-corrected chi connectivity index (χ1v) is 7.76. The van der Waals surface area contributed by atoms with E-state index in [1.54, 1.807) is 0 Å². The molecule has 3 unspecified atom stereocenters. The van der Waals surface area contributed by atoms with E-state index in [4.69, 9.17) is 0 Å². The van der Waals surface area contributed by atoms with Gasteiger partial charge in [0.25, 0.3) is 0 Å². The van der Waals surface area contributed by atoms with Gasteiger partial charge < -0.3 is 5.32 Å². The van der Waals surface area contributed by atoms with Crippen molar-refractivity contribution in [3.8, 4) is 0 Å². The summed E-state index contributed by atoms with van der Waals surface area (Å²) in [5.41, 5.74) is 0. The highest BCUT2D eigenvalue weighted by Crippen LogP contribution is 2.55. The summed E-state index contributed by atoms with van der Waals surface area (Å²) in [5, 5.41) is 4.19. The van der Waals surface area contributed by atoms with E-state index in [2.05, 4.69) is 28.2 Å². The van der Waals surface area contributed by atoms with Crippen LogP contribution in [0.1, 0.15) is 45.4 Å². The van der Waals surface area contributed by atoms with Gasteiger partial charge in [0, 0.05) is 17.3 Å². The number of hydrogen-bond donors (Lipinski definition) is 1. The van der Waals surface area contributed by atoms with E-state index in [1.807, 2.05) is 0 Å². The molecule has 2 fully saturated rings. The lowest BCUT2D eigenvalue weighted by Gasteiger charge is -2.15. The Morgan fingerprint density at radius 2 is 2.00 bits per heavy atom. The Morgan fingerprint density at radius 1 is 1.38 bits per heavy atom. The van der Waals surface area contributed by atoms with Crippen LogP contribution in [0, 0.1) is 17.8 Å². The molecular formula is C13H22BrNO. The topological polar surface area (TPSA) is 29.1 Å². The van der Waals surface area contributed by atoms with Gasteiger partial charge >= 0.3 is 0 Å². The number of hydrogen-bond acceptors (Lipinski definition) is 1. The van der Waals surface area contributed by atoms with Crippen molar-refractivity contribution in [1.82, 2.24) is 5.32 Å². The predicted molar refractivity (Wildman–Crippen MR) is 69.6 cm³/mol. The smallest absolute Gasteiger partial charge is 0.223 e. The van der Waals surface area contributed by atoms with E-state index >= 15 is 0 Å². The molecule has 2 saturated carbocycles. The summed E-state index contributed by atoms with van der Waals surface area (Å²) in [4.78, 5) is 12.1. The lowest BCUT2D eigenvalue weighted by atomic mass is 10.0. The molecule has 1 N–H and O–H groups in total. The second-order valence-electron chi connectivity index (χ2n) is 5.23. The van der Waals surface area contributed by atoms with E-state index in [1.165, 1.54) is 25.7 Å². The number of carbonyl (C=O) groups is 1. The van der Waals surface area contributed by atoms with Crippen molar-refractivity contribution >= 4 is 21.8 Å². The number of rotatable bonds is 5. The van der Waals surface area contributed by atoms with Crippen LogP contribution in [0.2, 0.25) is 0 Å². The number of amides is 1. The monoisotopic (exact) mass is 287 g/mol. The average molecular weight is 288 g/mol. The SMILES string of the molecule is CCC(CCBr)NC(=O)C1C2CCCCC21. The zero-order valence-corrected chi connectivity index (χ0v) is 11.6. The Kier molecular flexibility index (Phi) is 4.28. The van der Waals surface area contributed by atoms with E-state index in [-0.39, 0.29) is 0 Å². The van der Waals surface area contributed by atoms with E-state index in [0.29, 0.717) is 17.9 Å². The quantitative estimate of drug-likeness (QED) is 0.774. The molecule has 1 amide bonds. The van der Waals surface area contributed by atoms with Crippen molar-refractivity contribution in [3.05, 3.63) is 0 Å². The third-order valence-electron chi connectivity index (χ3n) is 4.26. The van der Waals surface area contributed by atoms with E-state index in [0.717, 1.165) is 30.0 Å². The van der Waals surface area contributed by atoms with E-state index in [9.17, 15) is 4.79 Å². The minimum absolute atomic E-state index is 0.338. The fourth-order valence-corrected chi connectivity index (χ4v) is 3.74. The van der Waals surface area contributed by atoms with Gasteiger partial charge in [0.05, 0.1) is 0 Å². The van der Waals surface area contributed by atoms with E-state index < -0.39 is 0 Å². The van der Waals surface area contributed by atoms with Crippen molar-refractivity contribution < 1.29 is 4.79 Å². The summed E-state index contributed by atoms with van der Waals surface area (Å²) in [5.74, 6) is 2.17. The maximum absolute atomic E-state index is 12.1. The normalized spacial score (nSPS) is 34.0. The lowest BCUT2D eigenvalue weighted by molar-refractivity contribution is -0.123. The predicted octanol–water partition coefficient (Wildman–Crippen LogP) is 3.10. The van der Waals surface area contributed by atoms with Gasteiger partial charge in [-0.2, -0.15) is 0 Å². The summed E-state index contributed by atoms with van der Waals surface area (Å²) in [7, 11) is 0. The molecule has 0 aromatic rings. The van der Waals surface area contributed by atoms with Gasteiger partial charge in [-0.1, -0.05) is 35.7 Å². The molecule has 2 aliphatic rings. The minimum Gasteiger partial charge on any atom is -0.353 e. The van der Waals surface area contributed by atoms with Crippen molar-refractivity contribution in [3.63, 3.8) is 0 Å². The Morgan fingerprint density at radius 3 is 2.50 bits per heavy atom. The third kappa shape index (κ3) is 2.61. The second kappa shape index (κ2) is 5.52. The van der Waals surface area contributed by atoms with Crippen molar-refractivity contribution in [2.45, 2.75) is 51.5 Å². The Bertz CT molecular complexity index is 244. The van der Waals surface area contributed by atoms with Gasteiger partial charge in [-0.05, 0) is 37.5 Å². The molecule has 0 aliphatic heterocycles. The van der Waals surface area contributed by atoms with Crippen LogP contribution in [-0.2, 0) is 4.79 Å². The number of carbonyl (C=O) groups excluding carboxylic acids is 1. The fraction of sp³-hybridized carbons (Fsp3) is 0.923. The number of fused-ring (bicyclic) bond motifs is 1. The Hall–Kier alpha value is -0.0500. The first kappa shape index (κ1) is 12.4. The number of alkyl halides is 1. The molecule has 2 nitrogen and oxygen atoms in total. The first-order chi connectivity index (χ1) is 7.77. The Balaban J connectivity index is 1.80. The molecule has 0 aromatic heterocycles. The van der Waals surface area contributed by atoms with Gasteiger partial charge in [-0.15, -0.1) is 0 Å². The van der Waals surface area contributed by atoms with Crippen molar-refractivity contribution in [2.24, 2.45) is 17.8 Å². The van der Waals surface area contributed by atoms with Gasteiger partial charge in [0.2, 0.25) is 5.91 Å². The highest BCUT2D eigenvalue weighted by Gasteiger charge is 2.54. The van der Waals surface area contributed by atoms with Gasteiger partial charge in [-0.3, -0.25) is 4.79 Å². The molecule has 0 heterocycles. The van der Waals surface area contributed by atoms with Crippen LogP contribution in [0.25, 0.3) is 0 Å². The Labute approximate surface area is 107 Å². The molecule has 2 rings (SSSR count). The summed E-state index contributed by atoms with van der Waals surface area (Å²) < 4.78 is 0. The van der Waals surface area contributed by atoms with Crippen molar-refractivity contribution in [2.75, 3.05) is 5.33 Å². The second-order valence-corrected chi connectivity index (χ2v) is 6.02. The number of halogens is 1. The largest absolute Gasteiger partial charge is 0.353 e. The number of nitrogens with one attached hydrogen (secondary N) is 1. The molecule has 92 valence electrons. The molecule has 3 heteroatoms. The zero-order chi connectivity index (χ0) is 11.5. The van der Waals surface area contributed by atoms with Gasteiger partial charge in [0.15, 0.2) is 0 Å². The molecule has 0 spiro atoms. The molecule has 2 aliphatic carbocycles. The molecule has 3 atom stereocenters. The highest BCUT2D eigenvalue weighted by molar-refractivity contribution is 9.09. The molecule has 0 radical (unpaired) electrons. The van der Waals surface area contributed by atoms with Crippen LogP contribution >= 0.6 is 15.9 Å². The van der Waals surface area contributed by atoms with Crippen LogP contribution < -0.4 is 5.32 Å². The molecule has 0 bridgehead atoms. The highest BCUT2D eigenvalue weighted by atomic mass is 79.9. The summed E-state index contributed by atoms with van der Waals surface area (Å²) in [6.07, 6.45) is 7.34. The van der Waals surface area contributed by atoms with Crippen LogP contribution in [0.3, 0.4) is 0 Å². The molecular weight excluding hydrogens is 266 g/mol. The van der Waals surface area contributed by atoms with Crippen LogP contribution in [0.15, 0.2) is 0 Å². The first-order valence-electron chi connectivity index (χ1n) is 6.64. The third-order valence-corrected chi connectivity index (χ3v) is 4.71. The fourth-order valence-electron chi connectivity index (χ4n) is 3.19. The van der Waals surface area contributed by atoms with Crippen LogP contribution in [-0.4, -0.2) is 17.3 Å². The van der Waals surface area contributed by atoms with Gasteiger partial charge in [-0.25, -0.2) is 0 Å². The van der Waals surface area contributed by atoms with Gasteiger partial charge in [0.1, 0.15) is 0 Å². The summed E-state index contributed by atoms with van der Waals surface area (Å²) in [6, 6.07) is 0.370. The van der Waals surface area contributed by atoms with Crippen LogP contribution in [0.4, 0.5) is 0 Å². The summed E-state index contributed by atoms with van der Waals surface area (Å²) >= 11 is 3.44. The zero-order valence-electron chi connectivity index (χ0n) is 10.0. The maximum atomic E-state index is 12.1. The molecule has 16 heavy (non-hydrogen) atoms. The molecule has 0 aromatic carbocycles. The minimum atomic E-state index is 0.338.